The Balaban J connectivity index is 2.01. The molecule has 0 atom stereocenters. The third kappa shape index (κ3) is 3.54. The molecule has 4 N–H and O–H groups in total. The van der Waals surface area contributed by atoms with Crippen LogP contribution in [0.5, 0.6) is 0 Å². The number of likely N-dealkylation sites (N-methyl/N-ethyl adjacent to an activating group) is 1. The van der Waals surface area contributed by atoms with Crippen molar-refractivity contribution in [2.45, 2.75) is 37.8 Å². The number of hydrogen-bond donors (Lipinski definition) is 3. The summed E-state index contributed by atoms with van der Waals surface area (Å²) in [5, 5.41) is 15.5. The summed E-state index contributed by atoms with van der Waals surface area (Å²) in [6.07, 6.45) is 5.10. The number of oxime groups is 1. The van der Waals surface area contributed by atoms with Crippen LogP contribution in [0.3, 0.4) is 0 Å². The van der Waals surface area contributed by atoms with Gasteiger partial charge in [-0.25, -0.2) is 0 Å². The lowest BCUT2D eigenvalue weighted by Gasteiger charge is -2.36. The highest BCUT2D eigenvalue weighted by atomic mass is 16.4. The van der Waals surface area contributed by atoms with E-state index >= 15 is 0 Å². The lowest BCUT2D eigenvalue weighted by atomic mass is 9.95. The first-order valence-electron chi connectivity index (χ1n) is 7.53. The van der Waals surface area contributed by atoms with Gasteiger partial charge in [0, 0.05) is 24.2 Å². The Bertz CT molecular complexity index is 493. The number of nitrogens with one attached hydrogen (secondary N) is 1. The molecular formula is C16H26N4O. The zero-order chi connectivity index (χ0) is 15.3. The number of amidine groups is 1. The number of benzene rings is 1. The van der Waals surface area contributed by atoms with Crippen molar-refractivity contribution in [3.63, 3.8) is 0 Å². The second-order valence-electron chi connectivity index (χ2n) is 6.07. The summed E-state index contributed by atoms with van der Waals surface area (Å²) in [6.45, 7) is 1.69. The molecule has 0 aliphatic heterocycles. The molecule has 1 aliphatic carbocycles. The molecule has 0 aromatic heterocycles. The number of hydrogen-bond acceptors (Lipinski definition) is 4. The molecule has 5 nitrogen and oxygen atoms in total. The highest BCUT2D eigenvalue weighted by Gasteiger charge is 2.35. The van der Waals surface area contributed by atoms with Gasteiger partial charge in [-0.15, -0.1) is 0 Å². The summed E-state index contributed by atoms with van der Waals surface area (Å²) in [5.41, 5.74) is 7.84. The average molecular weight is 290 g/mol. The first-order valence-corrected chi connectivity index (χ1v) is 7.53. The fraction of sp³-hybridized carbons (Fsp3) is 0.562. The maximum absolute atomic E-state index is 8.86. The van der Waals surface area contributed by atoms with Crippen molar-refractivity contribution in [2.75, 3.05) is 20.6 Å². The molecule has 0 radical (unpaired) electrons. The van der Waals surface area contributed by atoms with Crippen LogP contribution in [0.2, 0.25) is 0 Å². The monoisotopic (exact) mass is 290 g/mol. The highest BCUT2D eigenvalue weighted by Crippen LogP contribution is 2.33. The van der Waals surface area contributed by atoms with Crippen LogP contribution in [0.15, 0.2) is 29.4 Å². The zero-order valence-corrected chi connectivity index (χ0v) is 13.0. The second kappa shape index (κ2) is 6.91. The van der Waals surface area contributed by atoms with E-state index in [1.807, 2.05) is 24.3 Å². The normalized spacial score (nSPS) is 18.3. The molecule has 0 bridgehead atoms. The Morgan fingerprint density at radius 3 is 2.62 bits per heavy atom. The van der Waals surface area contributed by atoms with E-state index < -0.39 is 0 Å². The lowest BCUT2D eigenvalue weighted by Crippen LogP contribution is -2.49. The summed E-state index contributed by atoms with van der Waals surface area (Å²) in [5.74, 6) is 0.163. The number of nitrogens with zero attached hydrogens (tertiary/aromatic N) is 2. The summed E-state index contributed by atoms with van der Waals surface area (Å²) >= 11 is 0. The molecule has 21 heavy (non-hydrogen) atoms. The molecule has 0 heterocycles. The third-order valence-electron chi connectivity index (χ3n) is 4.65. The molecule has 1 aromatic carbocycles. The Hall–Kier alpha value is -1.59. The van der Waals surface area contributed by atoms with E-state index in [-0.39, 0.29) is 11.4 Å². The molecule has 0 saturated heterocycles. The van der Waals surface area contributed by atoms with Crippen LogP contribution in [0.4, 0.5) is 0 Å². The smallest absolute Gasteiger partial charge is 0.170 e. The Morgan fingerprint density at radius 2 is 2.00 bits per heavy atom. The van der Waals surface area contributed by atoms with Gasteiger partial charge in [0.15, 0.2) is 5.84 Å². The van der Waals surface area contributed by atoms with Gasteiger partial charge in [0.05, 0.1) is 0 Å². The fourth-order valence-corrected chi connectivity index (χ4v) is 3.22. The maximum Gasteiger partial charge on any atom is 0.170 e. The van der Waals surface area contributed by atoms with Gasteiger partial charge in [0.25, 0.3) is 0 Å². The predicted octanol–water partition coefficient (Wildman–Crippen LogP) is 1.75. The zero-order valence-electron chi connectivity index (χ0n) is 13.0. The minimum absolute atomic E-state index is 0.163. The van der Waals surface area contributed by atoms with Gasteiger partial charge in [-0.1, -0.05) is 42.3 Å². The summed E-state index contributed by atoms with van der Waals surface area (Å²) in [7, 11) is 4.33. The first-order chi connectivity index (χ1) is 10.1. The summed E-state index contributed by atoms with van der Waals surface area (Å²) < 4.78 is 0. The minimum Gasteiger partial charge on any atom is -0.409 e. The Labute approximate surface area is 126 Å². The molecule has 5 heteroatoms. The molecule has 1 fully saturated rings. The van der Waals surface area contributed by atoms with Crippen molar-refractivity contribution < 1.29 is 5.21 Å². The van der Waals surface area contributed by atoms with E-state index in [0.29, 0.717) is 0 Å². The van der Waals surface area contributed by atoms with Gasteiger partial charge in [-0.2, -0.15) is 0 Å². The van der Waals surface area contributed by atoms with Crippen molar-refractivity contribution >= 4 is 5.84 Å². The molecule has 1 aromatic rings. The molecule has 0 unspecified atom stereocenters. The molecule has 1 aliphatic rings. The standard InChI is InChI=1S/C16H26N4O/c1-20(2)16(9-5-6-10-16)12-18-11-13-7-3-4-8-14(13)15(17)19-21/h3-4,7-8,18,21H,5-6,9-12H2,1-2H3,(H2,17,19). The van der Waals surface area contributed by atoms with E-state index in [0.717, 1.165) is 24.2 Å². The van der Waals surface area contributed by atoms with Crippen molar-refractivity contribution in [1.82, 2.24) is 10.2 Å². The van der Waals surface area contributed by atoms with E-state index in [4.69, 9.17) is 10.9 Å². The van der Waals surface area contributed by atoms with Gasteiger partial charge in [0.2, 0.25) is 0 Å². The molecule has 2 rings (SSSR count). The highest BCUT2D eigenvalue weighted by molar-refractivity contribution is 5.98. The van der Waals surface area contributed by atoms with E-state index in [2.05, 4.69) is 29.5 Å². The Morgan fingerprint density at radius 1 is 1.33 bits per heavy atom. The first kappa shape index (κ1) is 15.8. The number of nitrogens with two attached hydrogens (primary N) is 1. The molecule has 0 spiro atoms. The quantitative estimate of drug-likeness (QED) is 0.323. The number of rotatable bonds is 6. The summed E-state index contributed by atoms with van der Waals surface area (Å²) in [4.78, 5) is 2.35. The van der Waals surface area contributed by atoms with E-state index in [1.54, 1.807) is 0 Å². The van der Waals surface area contributed by atoms with Crippen LogP contribution in [0.25, 0.3) is 0 Å². The van der Waals surface area contributed by atoms with Crippen molar-refractivity contribution in [3.05, 3.63) is 35.4 Å². The van der Waals surface area contributed by atoms with E-state index in [9.17, 15) is 0 Å². The Kier molecular flexibility index (Phi) is 5.20. The lowest BCUT2D eigenvalue weighted by molar-refractivity contribution is 0.153. The average Bonchev–Trinajstić information content (AvgIpc) is 2.97. The van der Waals surface area contributed by atoms with Crippen LogP contribution < -0.4 is 11.1 Å². The van der Waals surface area contributed by atoms with Crippen LogP contribution in [-0.4, -0.2) is 42.1 Å². The minimum atomic E-state index is 0.163. The predicted molar refractivity (Wildman–Crippen MR) is 85.5 cm³/mol. The maximum atomic E-state index is 8.86. The van der Waals surface area contributed by atoms with Crippen molar-refractivity contribution in [3.8, 4) is 0 Å². The molecule has 1 saturated carbocycles. The third-order valence-corrected chi connectivity index (χ3v) is 4.65. The van der Waals surface area contributed by atoms with Crippen LogP contribution in [0, 0.1) is 0 Å². The topological polar surface area (TPSA) is 73.9 Å². The van der Waals surface area contributed by atoms with Gasteiger partial charge in [0.1, 0.15) is 0 Å². The molecule has 0 amide bonds. The van der Waals surface area contributed by atoms with E-state index in [1.165, 1.54) is 25.7 Å². The molecule has 116 valence electrons. The SMILES string of the molecule is CN(C)C1(CNCc2ccccc2/C(N)=N/O)CCCC1. The van der Waals surface area contributed by atoms with Crippen molar-refractivity contribution in [1.29, 1.82) is 0 Å². The van der Waals surface area contributed by atoms with Crippen molar-refractivity contribution in [2.24, 2.45) is 10.9 Å². The van der Waals surface area contributed by atoms with Crippen LogP contribution in [0.1, 0.15) is 36.8 Å². The van der Waals surface area contributed by atoms with Gasteiger partial charge < -0.3 is 21.2 Å². The van der Waals surface area contributed by atoms with Crippen LogP contribution >= 0.6 is 0 Å². The fourth-order valence-electron chi connectivity index (χ4n) is 3.22. The second-order valence-corrected chi connectivity index (χ2v) is 6.07. The van der Waals surface area contributed by atoms with Gasteiger partial charge in [-0.05, 0) is 32.5 Å². The van der Waals surface area contributed by atoms with Gasteiger partial charge in [-0.3, -0.25) is 0 Å². The van der Waals surface area contributed by atoms with Gasteiger partial charge >= 0.3 is 0 Å². The largest absolute Gasteiger partial charge is 0.409 e. The molecular weight excluding hydrogens is 264 g/mol. The van der Waals surface area contributed by atoms with Crippen LogP contribution in [-0.2, 0) is 6.54 Å². The summed E-state index contributed by atoms with van der Waals surface area (Å²) in [6, 6.07) is 7.76.